The molecule has 18 heavy (non-hydrogen) atoms. The summed E-state index contributed by atoms with van der Waals surface area (Å²) < 4.78 is 6.79. The van der Waals surface area contributed by atoms with Crippen LogP contribution >= 0.6 is 27.3 Å². The predicted molar refractivity (Wildman–Crippen MR) is 78.0 cm³/mol. The standard InChI is InChI=1S/C13H15BrN2OS/c1-2-15-7-10-3-4-11(8-16-10)17-9-13-12(14)5-6-18-13/h3-6,8,15H,2,7,9H2,1H3. The predicted octanol–water partition coefficient (Wildman–Crippen LogP) is 3.59. The zero-order valence-electron chi connectivity index (χ0n) is 10.1. The number of nitrogens with one attached hydrogen (secondary N) is 1. The molecule has 0 saturated carbocycles. The zero-order valence-corrected chi connectivity index (χ0v) is 12.6. The van der Waals surface area contributed by atoms with Gasteiger partial charge >= 0.3 is 0 Å². The first kappa shape index (κ1) is 13.5. The minimum atomic E-state index is 0.576. The maximum atomic E-state index is 5.69. The molecule has 0 aliphatic rings. The highest BCUT2D eigenvalue weighted by Crippen LogP contribution is 2.24. The van der Waals surface area contributed by atoms with Crippen LogP contribution in [0.5, 0.6) is 5.75 Å². The van der Waals surface area contributed by atoms with Crippen molar-refractivity contribution < 1.29 is 4.74 Å². The maximum absolute atomic E-state index is 5.69. The fraction of sp³-hybridized carbons (Fsp3) is 0.308. The molecule has 0 aromatic carbocycles. The number of hydrogen-bond donors (Lipinski definition) is 1. The van der Waals surface area contributed by atoms with Gasteiger partial charge in [-0.05, 0) is 46.1 Å². The molecule has 2 heterocycles. The molecule has 0 spiro atoms. The molecule has 0 unspecified atom stereocenters. The second-order valence-electron chi connectivity index (χ2n) is 3.75. The zero-order chi connectivity index (χ0) is 12.8. The molecule has 0 bridgehead atoms. The van der Waals surface area contributed by atoms with Gasteiger partial charge in [-0.1, -0.05) is 6.92 Å². The molecule has 0 saturated heterocycles. The van der Waals surface area contributed by atoms with E-state index in [1.165, 1.54) is 4.88 Å². The Morgan fingerprint density at radius 1 is 1.39 bits per heavy atom. The summed E-state index contributed by atoms with van der Waals surface area (Å²) in [6.07, 6.45) is 1.77. The van der Waals surface area contributed by atoms with Crippen LogP contribution in [0.15, 0.2) is 34.2 Å². The summed E-state index contributed by atoms with van der Waals surface area (Å²) in [6.45, 7) is 4.41. The fourth-order valence-corrected chi connectivity index (χ4v) is 2.81. The highest BCUT2D eigenvalue weighted by molar-refractivity contribution is 9.10. The molecule has 0 atom stereocenters. The highest BCUT2D eigenvalue weighted by atomic mass is 79.9. The lowest BCUT2D eigenvalue weighted by Crippen LogP contribution is -2.12. The van der Waals surface area contributed by atoms with Gasteiger partial charge < -0.3 is 10.1 Å². The number of rotatable bonds is 6. The third-order valence-electron chi connectivity index (χ3n) is 2.41. The molecule has 3 nitrogen and oxygen atoms in total. The largest absolute Gasteiger partial charge is 0.486 e. The Morgan fingerprint density at radius 2 is 2.28 bits per heavy atom. The molecule has 2 aromatic heterocycles. The molecule has 0 radical (unpaired) electrons. The Morgan fingerprint density at radius 3 is 2.89 bits per heavy atom. The van der Waals surface area contributed by atoms with Crippen LogP contribution in [0.25, 0.3) is 0 Å². The minimum Gasteiger partial charge on any atom is -0.486 e. The van der Waals surface area contributed by atoms with Crippen molar-refractivity contribution in [1.82, 2.24) is 10.3 Å². The van der Waals surface area contributed by atoms with Crippen LogP contribution in [0.1, 0.15) is 17.5 Å². The van der Waals surface area contributed by atoms with Crippen molar-refractivity contribution in [1.29, 1.82) is 0 Å². The first-order valence-electron chi connectivity index (χ1n) is 5.80. The summed E-state index contributed by atoms with van der Waals surface area (Å²) in [5, 5.41) is 5.28. The van der Waals surface area contributed by atoms with E-state index in [2.05, 4.69) is 33.2 Å². The molecule has 96 valence electrons. The van der Waals surface area contributed by atoms with Crippen molar-refractivity contribution >= 4 is 27.3 Å². The van der Waals surface area contributed by atoms with Crippen LogP contribution in [0.2, 0.25) is 0 Å². The lowest BCUT2D eigenvalue weighted by molar-refractivity contribution is 0.307. The summed E-state index contributed by atoms with van der Waals surface area (Å²) in [5.74, 6) is 0.801. The fourth-order valence-electron chi connectivity index (χ4n) is 1.43. The van der Waals surface area contributed by atoms with Crippen molar-refractivity contribution in [2.45, 2.75) is 20.1 Å². The lowest BCUT2D eigenvalue weighted by Gasteiger charge is -2.06. The van der Waals surface area contributed by atoms with E-state index in [4.69, 9.17) is 4.74 Å². The van der Waals surface area contributed by atoms with Gasteiger partial charge in [-0.15, -0.1) is 11.3 Å². The Balaban J connectivity index is 1.88. The molecule has 0 amide bonds. The van der Waals surface area contributed by atoms with Gasteiger partial charge in [0.25, 0.3) is 0 Å². The first-order chi connectivity index (χ1) is 8.79. The van der Waals surface area contributed by atoms with E-state index in [1.54, 1.807) is 17.5 Å². The smallest absolute Gasteiger partial charge is 0.138 e. The second kappa shape index (κ2) is 6.87. The lowest BCUT2D eigenvalue weighted by atomic mass is 10.3. The van der Waals surface area contributed by atoms with Crippen molar-refractivity contribution in [3.05, 3.63) is 44.8 Å². The highest BCUT2D eigenvalue weighted by Gasteiger charge is 2.02. The Labute approximate surface area is 119 Å². The summed E-state index contributed by atoms with van der Waals surface area (Å²) in [7, 11) is 0. The van der Waals surface area contributed by atoms with Gasteiger partial charge in [-0.25, -0.2) is 0 Å². The number of hydrogen-bond acceptors (Lipinski definition) is 4. The number of pyridine rings is 1. The summed E-state index contributed by atoms with van der Waals surface area (Å²) in [4.78, 5) is 5.53. The Kier molecular flexibility index (Phi) is 5.16. The Bertz CT molecular complexity index is 484. The quantitative estimate of drug-likeness (QED) is 0.880. The van der Waals surface area contributed by atoms with E-state index < -0.39 is 0 Å². The maximum Gasteiger partial charge on any atom is 0.138 e. The van der Waals surface area contributed by atoms with E-state index in [9.17, 15) is 0 Å². The van der Waals surface area contributed by atoms with Gasteiger partial charge in [0.2, 0.25) is 0 Å². The molecule has 5 heteroatoms. The summed E-state index contributed by atoms with van der Waals surface area (Å²) in [6, 6.07) is 5.98. The summed E-state index contributed by atoms with van der Waals surface area (Å²) in [5.41, 5.74) is 1.03. The molecular weight excluding hydrogens is 312 g/mol. The van der Waals surface area contributed by atoms with Crippen LogP contribution < -0.4 is 10.1 Å². The molecular formula is C13H15BrN2OS. The number of halogens is 1. The average molecular weight is 327 g/mol. The molecule has 0 fully saturated rings. The normalized spacial score (nSPS) is 10.6. The van der Waals surface area contributed by atoms with Gasteiger partial charge in [0.05, 0.1) is 16.8 Å². The van der Waals surface area contributed by atoms with Gasteiger partial charge in [-0.2, -0.15) is 0 Å². The first-order valence-corrected chi connectivity index (χ1v) is 7.47. The van der Waals surface area contributed by atoms with Crippen molar-refractivity contribution in [3.8, 4) is 5.75 Å². The third kappa shape index (κ3) is 3.80. The Hall–Kier alpha value is -0.910. The number of aromatic nitrogens is 1. The van der Waals surface area contributed by atoms with Crippen molar-refractivity contribution in [2.24, 2.45) is 0 Å². The van der Waals surface area contributed by atoms with E-state index in [0.717, 1.165) is 29.0 Å². The topological polar surface area (TPSA) is 34.1 Å². The van der Waals surface area contributed by atoms with Gasteiger partial charge in [0.15, 0.2) is 0 Å². The van der Waals surface area contributed by atoms with Crippen molar-refractivity contribution in [3.63, 3.8) is 0 Å². The SMILES string of the molecule is CCNCc1ccc(OCc2sccc2Br)cn1. The molecule has 2 aromatic rings. The van der Waals surface area contributed by atoms with Crippen LogP contribution in [0.4, 0.5) is 0 Å². The van der Waals surface area contributed by atoms with Crippen LogP contribution in [0, 0.1) is 0 Å². The van der Waals surface area contributed by atoms with E-state index in [-0.39, 0.29) is 0 Å². The minimum absolute atomic E-state index is 0.576. The molecule has 0 aliphatic carbocycles. The summed E-state index contributed by atoms with van der Waals surface area (Å²) >= 11 is 5.17. The van der Waals surface area contributed by atoms with Crippen LogP contribution in [-0.4, -0.2) is 11.5 Å². The monoisotopic (exact) mass is 326 g/mol. The van der Waals surface area contributed by atoms with E-state index in [1.807, 2.05) is 23.6 Å². The van der Waals surface area contributed by atoms with Crippen molar-refractivity contribution in [2.75, 3.05) is 6.54 Å². The number of ether oxygens (including phenoxy) is 1. The number of nitrogens with zero attached hydrogens (tertiary/aromatic N) is 1. The molecule has 2 rings (SSSR count). The third-order valence-corrected chi connectivity index (χ3v) is 4.31. The van der Waals surface area contributed by atoms with Crippen LogP contribution in [0.3, 0.4) is 0 Å². The van der Waals surface area contributed by atoms with E-state index in [0.29, 0.717) is 6.61 Å². The van der Waals surface area contributed by atoms with E-state index >= 15 is 0 Å². The van der Waals surface area contributed by atoms with Gasteiger partial charge in [0, 0.05) is 11.0 Å². The second-order valence-corrected chi connectivity index (χ2v) is 5.60. The average Bonchev–Trinajstić information content (AvgIpc) is 2.81. The molecule has 1 N–H and O–H groups in total. The van der Waals surface area contributed by atoms with Gasteiger partial charge in [-0.3, -0.25) is 4.98 Å². The van der Waals surface area contributed by atoms with Crippen LogP contribution in [-0.2, 0) is 13.2 Å². The molecule has 0 aliphatic heterocycles. The van der Waals surface area contributed by atoms with Gasteiger partial charge in [0.1, 0.15) is 12.4 Å². The number of thiophene rings is 1.